The molecule has 0 amide bonds. The van der Waals surface area contributed by atoms with Gasteiger partial charge in [0.15, 0.2) is 0 Å². The van der Waals surface area contributed by atoms with Crippen molar-refractivity contribution in [2.45, 2.75) is 19.8 Å². The number of unbranched alkanes of at least 4 members (excludes halogenated alkanes) is 1. The standard InChI is InChI=1S/C8H17ClO2/c1-2-3-5-10-7-8-11-6-4-9/h2-8H2,1H3. The van der Waals surface area contributed by atoms with Crippen molar-refractivity contribution >= 4 is 11.6 Å². The van der Waals surface area contributed by atoms with E-state index >= 15 is 0 Å². The molecule has 0 radical (unpaired) electrons. The summed E-state index contributed by atoms with van der Waals surface area (Å²) in [5.74, 6) is 0.564. The van der Waals surface area contributed by atoms with E-state index in [9.17, 15) is 0 Å². The van der Waals surface area contributed by atoms with Crippen LogP contribution in [0.25, 0.3) is 0 Å². The van der Waals surface area contributed by atoms with Crippen LogP contribution in [0.2, 0.25) is 0 Å². The van der Waals surface area contributed by atoms with Crippen LogP contribution < -0.4 is 0 Å². The lowest BCUT2D eigenvalue weighted by Crippen LogP contribution is -2.06. The van der Waals surface area contributed by atoms with E-state index in [0.717, 1.165) is 13.0 Å². The van der Waals surface area contributed by atoms with Crippen LogP contribution in [-0.4, -0.2) is 32.3 Å². The third kappa shape index (κ3) is 10.2. The molecule has 0 bridgehead atoms. The van der Waals surface area contributed by atoms with E-state index in [1.807, 2.05) is 0 Å². The SMILES string of the molecule is CCCCOCCOCCCl. The van der Waals surface area contributed by atoms with Crippen molar-refractivity contribution in [2.24, 2.45) is 0 Å². The molecule has 0 saturated carbocycles. The molecule has 0 N–H and O–H groups in total. The molecule has 0 aliphatic carbocycles. The number of hydrogen-bond acceptors (Lipinski definition) is 2. The van der Waals surface area contributed by atoms with Crippen LogP contribution in [0.1, 0.15) is 19.8 Å². The number of halogens is 1. The first-order chi connectivity index (χ1) is 5.41. The Labute approximate surface area is 73.8 Å². The van der Waals surface area contributed by atoms with Crippen LogP contribution in [0.4, 0.5) is 0 Å². The molecule has 0 atom stereocenters. The van der Waals surface area contributed by atoms with Crippen molar-refractivity contribution < 1.29 is 9.47 Å². The van der Waals surface area contributed by atoms with Crippen molar-refractivity contribution in [1.82, 2.24) is 0 Å². The van der Waals surface area contributed by atoms with Crippen LogP contribution >= 0.6 is 11.6 Å². The first-order valence-corrected chi connectivity index (χ1v) is 4.66. The van der Waals surface area contributed by atoms with Gasteiger partial charge in [-0.25, -0.2) is 0 Å². The van der Waals surface area contributed by atoms with Crippen molar-refractivity contribution in [2.75, 3.05) is 32.3 Å². The summed E-state index contributed by atoms with van der Waals surface area (Å²) in [7, 11) is 0. The summed E-state index contributed by atoms with van der Waals surface area (Å²) in [6, 6.07) is 0. The number of rotatable bonds is 8. The first kappa shape index (κ1) is 11.2. The Bertz CT molecular complexity index is 61.1. The van der Waals surface area contributed by atoms with Gasteiger partial charge in [0.05, 0.1) is 19.8 Å². The third-order valence-corrected chi connectivity index (χ3v) is 1.39. The molecule has 68 valence electrons. The predicted molar refractivity (Wildman–Crippen MR) is 47.3 cm³/mol. The summed E-state index contributed by atoms with van der Waals surface area (Å²) >= 11 is 5.40. The lowest BCUT2D eigenvalue weighted by molar-refractivity contribution is 0.0524. The maximum absolute atomic E-state index is 5.40. The smallest absolute Gasteiger partial charge is 0.0701 e. The zero-order valence-electron chi connectivity index (χ0n) is 7.14. The maximum atomic E-state index is 5.40. The van der Waals surface area contributed by atoms with Gasteiger partial charge in [-0.3, -0.25) is 0 Å². The summed E-state index contributed by atoms with van der Waals surface area (Å²) in [5.41, 5.74) is 0. The summed E-state index contributed by atoms with van der Waals surface area (Å²) in [6.45, 7) is 4.97. The molecule has 0 aliphatic heterocycles. The maximum Gasteiger partial charge on any atom is 0.0701 e. The molecule has 0 aromatic heterocycles. The number of alkyl halides is 1. The van der Waals surface area contributed by atoms with Gasteiger partial charge in [-0.15, -0.1) is 11.6 Å². The van der Waals surface area contributed by atoms with Gasteiger partial charge in [-0.2, -0.15) is 0 Å². The number of hydrogen-bond donors (Lipinski definition) is 0. The molecule has 0 aromatic carbocycles. The minimum absolute atomic E-state index is 0.564. The third-order valence-electron chi connectivity index (χ3n) is 1.24. The van der Waals surface area contributed by atoms with Crippen molar-refractivity contribution in [1.29, 1.82) is 0 Å². The highest BCUT2D eigenvalue weighted by Crippen LogP contribution is 1.87. The number of ether oxygens (including phenoxy) is 2. The molecule has 0 saturated heterocycles. The molecule has 3 heteroatoms. The molecule has 0 spiro atoms. The van der Waals surface area contributed by atoms with Gasteiger partial charge in [-0.05, 0) is 6.42 Å². The van der Waals surface area contributed by atoms with Gasteiger partial charge in [0.25, 0.3) is 0 Å². The molecule has 0 aliphatic rings. The zero-order chi connectivity index (χ0) is 8.36. The fourth-order valence-electron chi connectivity index (χ4n) is 0.623. The molecule has 0 aromatic rings. The van der Waals surface area contributed by atoms with E-state index in [-0.39, 0.29) is 0 Å². The highest BCUT2D eigenvalue weighted by molar-refractivity contribution is 6.17. The van der Waals surface area contributed by atoms with Gasteiger partial charge in [0.2, 0.25) is 0 Å². The highest BCUT2D eigenvalue weighted by atomic mass is 35.5. The monoisotopic (exact) mass is 180 g/mol. The Morgan fingerprint density at radius 2 is 1.64 bits per heavy atom. The fraction of sp³-hybridized carbons (Fsp3) is 1.00. The van der Waals surface area contributed by atoms with Gasteiger partial charge in [0, 0.05) is 12.5 Å². The largest absolute Gasteiger partial charge is 0.379 e. The Morgan fingerprint density at radius 3 is 2.18 bits per heavy atom. The summed E-state index contributed by atoms with van der Waals surface area (Å²) in [5, 5.41) is 0. The van der Waals surface area contributed by atoms with Crippen LogP contribution in [0.5, 0.6) is 0 Å². The van der Waals surface area contributed by atoms with E-state index < -0.39 is 0 Å². The molecular weight excluding hydrogens is 164 g/mol. The molecule has 0 fully saturated rings. The van der Waals surface area contributed by atoms with Gasteiger partial charge in [-0.1, -0.05) is 13.3 Å². The van der Waals surface area contributed by atoms with Gasteiger partial charge in [0.1, 0.15) is 0 Å². The molecular formula is C8H17ClO2. The van der Waals surface area contributed by atoms with Gasteiger partial charge >= 0.3 is 0 Å². The van der Waals surface area contributed by atoms with Gasteiger partial charge < -0.3 is 9.47 Å². The second-order valence-corrected chi connectivity index (χ2v) is 2.65. The molecule has 2 nitrogen and oxygen atoms in total. The molecule has 0 heterocycles. The lowest BCUT2D eigenvalue weighted by Gasteiger charge is -2.02. The van der Waals surface area contributed by atoms with Crippen LogP contribution in [0.3, 0.4) is 0 Å². The molecule has 0 unspecified atom stereocenters. The second kappa shape index (κ2) is 10.2. The van der Waals surface area contributed by atoms with Crippen molar-refractivity contribution in [3.8, 4) is 0 Å². The van der Waals surface area contributed by atoms with E-state index in [1.54, 1.807) is 0 Å². The average molecular weight is 181 g/mol. The summed E-state index contributed by atoms with van der Waals surface area (Å²) in [6.07, 6.45) is 2.32. The lowest BCUT2D eigenvalue weighted by atomic mass is 10.4. The van der Waals surface area contributed by atoms with Crippen molar-refractivity contribution in [3.05, 3.63) is 0 Å². The molecule has 11 heavy (non-hydrogen) atoms. The average Bonchev–Trinajstić information content (AvgIpc) is 2.03. The zero-order valence-corrected chi connectivity index (χ0v) is 7.90. The van der Waals surface area contributed by atoms with E-state index in [1.165, 1.54) is 6.42 Å². The topological polar surface area (TPSA) is 18.5 Å². The highest BCUT2D eigenvalue weighted by Gasteiger charge is 1.87. The second-order valence-electron chi connectivity index (χ2n) is 2.27. The van der Waals surface area contributed by atoms with E-state index in [2.05, 4.69) is 6.92 Å². The summed E-state index contributed by atoms with van der Waals surface area (Å²) in [4.78, 5) is 0. The van der Waals surface area contributed by atoms with E-state index in [4.69, 9.17) is 21.1 Å². The quantitative estimate of drug-likeness (QED) is 0.421. The van der Waals surface area contributed by atoms with Crippen LogP contribution in [-0.2, 0) is 9.47 Å². The Morgan fingerprint density at radius 1 is 1.00 bits per heavy atom. The van der Waals surface area contributed by atoms with E-state index in [0.29, 0.717) is 25.7 Å². The van der Waals surface area contributed by atoms with Crippen molar-refractivity contribution in [3.63, 3.8) is 0 Å². The Kier molecular flexibility index (Phi) is 10.4. The minimum atomic E-state index is 0.564. The van der Waals surface area contributed by atoms with Crippen LogP contribution in [0, 0.1) is 0 Å². The molecule has 0 rings (SSSR count). The first-order valence-electron chi connectivity index (χ1n) is 4.13. The summed E-state index contributed by atoms with van der Waals surface area (Å²) < 4.78 is 10.4. The Hall–Kier alpha value is 0.210. The van der Waals surface area contributed by atoms with Crippen LogP contribution in [0.15, 0.2) is 0 Å². The fourth-order valence-corrected chi connectivity index (χ4v) is 0.732. The normalized spacial score (nSPS) is 10.4. The minimum Gasteiger partial charge on any atom is -0.379 e. The Balaban J connectivity index is 2.69. The predicted octanol–water partition coefficient (Wildman–Crippen LogP) is 2.06.